The van der Waals surface area contributed by atoms with Crippen LogP contribution in [0.4, 0.5) is 5.82 Å². The van der Waals surface area contributed by atoms with Crippen molar-refractivity contribution in [2.45, 2.75) is 52.8 Å². The molecule has 0 unspecified atom stereocenters. The van der Waals surface area contributed by atoms with E-state index in [4.69, 9.17) is 19.4 Å². The maximum absolute atomic E-state index is 9.64. The third-order valence-electron chi connectivity index (χ3n) is 7.22. The van der Waals surface area contributed by atoms with Crippen LogP contribution in [0.1, 0.15) is 47.8 Å². The van der Waals surface area contributed by atoms with E-state index < -0.39 is 0 Å². The minimum absolute atomic E-state index is 0.0302. The lowest BCUT2D eigenvalue weighted by Gasteiger charge is -2.15. The Balaban J connectivity index is 1.68. The number of rotatable bonds is 11. The number of imidazole rings is 1. The molecule has 0 amide bonds. The van der Waals surface area contributed by atoms with Gasteiger partial charge in [-0.25, -0.2) is 9.97 Å². The standard InChI is InChI=1S/C32H35BrN4O3/c1-5-6-7-29-36-30-31(37(29)18-23-11-9-21(19-38)15-28(23)40-4)25-16-24(33)12-13-26(25)35-32(30)34-17-22-10-8-20(2)14-27(22)39-3/h8-16,38H,5-7,17-19H2,1-4H3,(H,34,35). The maximum atomic E-state index is 9.64. The highest BCUT2D eigenvalue weighted by molar-refractivity contribution is 9.10. The molecule has 0 radical (unpaired) electrons. The molecule has 7 nitrogen and oxygen atoms in total. The van der Waals surface area contributed by atoms with Crippen molar-refractivity contribution in [1.29, 1.82) is 0 Å². The van der Waals surface area contributed by atoms with E-state index in [-0.39, 0.29) is 6.61 Å². The Morgan fingerprint density at radius 3 is 2.48 bits per heavy atom. The summed E-state index contributed by atoms with van der Waals surface area (Å²) in [6.07, 6.45) is 2.95. The predicted molar refractivity (Wildman–Crippen MR) is 164 cm³/mol. The Kier molecular flexibility index (Phi) is 8.57. The van der Waals surface area contributed by atoms with Crippen molar-refractivity contribution < 1.29 is 14.6 Å². The molecule has 0 aliphatic carbocycles. The normalized spacial score (nSPS) is 11.3. The summed E-state index contributed by atoms with van der Waals surface area (Å²) in [6, 6.07) is 18.3. The zero-order valence-electron chi connectivity index (χ0n) is 23.4. The van der Waals surface area contributed by atoms with Crippen molar-refractivity contribution in [2.75, 3.05) is 19.5 Å². The Labute approximate surface area is 243 Å². The first kappa shape index (κ1) is 27.9. The summed E-state index contributed by atoms with van der Waals surface area (Å²) in [6.45, 7) is 5.36. The van der Waals surface area contributed by atoms with Crippen molar-refractivity contribution in [3.8, 4) is 11.5 Å². The number of fused-ring (bicyclic) bond motifs is 3. The molecule has 2 aromatic heterocycles. The Hall–Kier alpha value is -3.62. The van der Waals surface area contributed by atoms with Gasteiger partial charge in [0.15, 0.2) is 5.82 Å². The van der Waals surface area contributed by atoms with Crippen LogP contribution < -0.4 is 14.8 Å². The summed E-state index contributed by atoms with van der Waals surface area (Å²) in [5, 5.41) is 14.2. The number of aryl methyl sites for hydroxylation is 2. The molecule has 40 heavy (non-hydrogen) atoms. The van der Waals surface area contributed by atoms with Crippen molar-refractivity contribution >= 4 is 43.7 Å². The Morgan fingerprint density at radius 2 is 1.73 bits per heavy atom. The summed E-state index contributed by atoms with van der Waals surface area (Å²) in [4.78, 5) is 10.2. The molecule has 0 saturated carbocycles. The summed E-state index contributed by atoms with van der Waals surface area (Å²) in [5.41, 5.74) is 6.81. The first-order valence-corrected chi connectivity index (χ1v) is 14.4. The molecule has 0 aliphatic rings. The minimum Gasteiger partial charge on any atom is -0.496 e. The van der Waals surface area contributed by atoms with Gasteiger partial charge in [-0.05, 0) is 54.8 Å². The number of nitrogens with zero attached hydrogens (tertiary/aromatic N) is 3. The highest BCUT2D eigenvalue weighted by atomic mass is 79.9. The van der Waals surface area contributed by atoms with Crippen LogP contribution in [0.3, 0.4) is 0 Å². The SMILES string of the molecule is CCCCc1nc2c(NCc3ccc(C)cc3OC)nc3ccc(Br)cc3c2n1Cc1ccc(CO)cc1OC. The molecule has 208 valence electrons. The van der Waals surface area contributed by atoms with Gasteiger partial charge in [0.2, 0.25) is 0 Å². The van der Waals surface area contributed by atoms with Crippen LogP contribution in [0.2, 0.25) is 0 Å². The Bertz CT molecular complexity index is 1660. The molecule has 8 heteroatoms. The van der Waals surface area contributed by atoms with Crippen LogP contribution in [0, 0.1) is 6.92 Å². The molecular weight excluding hydrogens is 568 g/mol. The summed E-state index contributed by atoms with van der Waals surface area (Å²) in [5.74, 6) is 3.35. The zero-order valence-corrected chi connectivity index (χ0v) is 25.0. The van der Waals surface area contributed by atoms with Gasteiger partial charge in [-0.3, -0.25) is 0 Å². The summed E-state index contributed by atoms with van der Waals surface area (Å²) >= 11 is 3.67. The number of aromatic nitrogens is 3. The van der Waals surface area contributed by atoms with Gasteiger partial charge in [-0.2, -0.15) is 0 Å². The molecule has 0 atom stereocenters. The van der Waals surface area contributed by atoms with E-state index in [1.807, 2.05) is 36.4 Å². The van der Waals surface area contributed by atoms with E-state index in [2.05, 4.69) is 57.9 Å². The molecule has 5 aromatic rings. The third kappa shape index (κ3) is 5.64. The summed E-state index contributed by atoms with van der Waals surface area (Å²) < 4.78 is 14.7. The number of unbranched alkanes of at least 4 members (excludes halogenated alkanes) is 1. The van der Waals surface area contributed by atoms with E-state index in [1.54, 1.807) is 14.2 Å². The smallest absolute Gasteiger partial charge is 0.155 e. The molecule has 0 fully saturated rings. The molecule has 2 heterocycles. The number of aliphatic hydroxyl groups is 1. The lowest BCUT2D eigenvalue weighted by molar-refractivity contribution is 0.281. The van der Waals surface area contributed by atoms with Crippen molar-refractivity contribution in [3.63, 3.8) is 0 Å². The van der Waals surface area contributed by atoms with Crippen LogP contribution in [0.5, 0.6) is 11.5 Å². The summed E-state index contributed by atoms with van der Waals surface area (Å²) in [7, 11) is 3.37. The van der Waals surface area contributed by atoms with Crippen molar-refractivity contribution in [1.82, 2.24) is 14.5 Å². The number of hydrogen-bond donors (Lipinski definition) is 2. The number of benzene rings is 3. The third-order valence-corrected chi connectivity index (χ3v) is 7.72. The van der Waals surface area contributed by atoms with E-state index in [1.165, 1.54) is 0 Å². The Morgan fingerprint density at radius 1 is 0.950 bits per heavy atom. The highest BCUT2D eigenvalue weighted by Gasteiger charge is 2.20. The molecule has 0 aliphatic heterocycles. The topological polar surface area (TPSA) is 81.4 Å². The number of anilines is 1. The van der Waals surface area contributed by atoms with E-state index in [0.29, 0.717) is 13.1 Å². The zero-order chi connectivity index (χ0) is 28.2. The second kappa shape index (κ2) is 12.3. The van der Waals surface area contributed by atoms with Gasteiger partial charge in [0.25, 0.3) is 0 Å². The monoisotopic (exact) mass is 602 g/mol. The molecule has 3 aromatic carbocycles. The van der Waals surface area contributed by atoms with Crippen LogP contribution in [0.15, 0.2) is 59.1 Å². The van der Waals surface area contributed by atoms with Crippen LogP contribution in [0.25, 0.3) is 21.9 Å². The highest BCUT2D eigenvalue weighted by Crippen LogP contribution is 2.34. The number of hydrogen-bond acceptors (Lipinski definition) is 6. The van der Waals surface area contributed by atoms with E-state index >= 15 is 0 Å². The number of pyridine rings is 1. The largest absolute Gasteiger partial charge is 0.496 e. The number of halogens is 1. The second-order valence-corrected chi connectivity index (χ2v) is 10.9. The van der Waals surface area contributed by atoms with Gasteiger partial charge in [0.1, 0.15) is 22.8 Å². The van der Waals surface area contributed by atoms with E-state index in [0.717, 1.165) is 91.1 Å². The molecule has 0 spiro atoms. The van der Waals surface area contributed by atoms with Gasteiger partial charge in [0, 0.05) is 34.0 Å². The van der Waals surface area contributed by atoms with Crippen LogP contribution >= 0.6 is 15.9 Å². The van der Waals surface area contributed by atoms with E-state index in [9.17, 15) is 5.11 Å². The van der Waals surface area contributed by atoms with Gasteiger partial charge in [-0.1, -0.05) is 53.5 Å². The number of ether oxygens (including phenoxy) is 2. The quantitative estimate of drug-likeness (QED) is 0.167. The second-order valence-electron chi connectivity index (χ2n) is 10.0. The first-order chi connectivity index (χ1) is 19.4. The molecular formula is C32H35BrN4O3. The minimum atomic E-state index is -0.0302. The average molecular weight is 604 g/mol. The van der Waals surface area contributed by atoms with Crippen LogP contribution in [-0.4, -0.2) is 33.9 Å². The number of methoxy groups -OCH3 is 2. The molecule has 2 N–H and O–H groups in total. The fourth-order valence-electron chi connectivity index (χ4n) is 5.09. The maximum Gasteiger partial charge on any atom is 0.155 e. The number of nitrogens with one attached hydrogen (secondary N) is 1. The van der Waals surface area contributed by atoms with Gasteiger partial charge in [-0.15, -0.1) is 0 Å². The fourth-order valence-corrected chi connectivity index (χ4v) is 5.45. The van der Waals surface area contributed by atoms with Gasteiger partial charge >= 0.3 is 0 Å². The predicted octanol–water partition coefficient (Wildman–Crippen LogP) is 7.17. The molecule has 5 rings (SSSR count). The average Bonchev–Trinajstić information content (AvgIpc) is 3.33. The fraction of sp³-hybridized carbons (Fsp3) is 0.312. The lowest BCUT2D eigenvalue weighted by atomic mass is 10.1. The lowest BCUT2D eigenvalue weighted by Crippen LogP contribution is -2.08. The van der Waals surface area contributed by atoms with Gasteiger partial charge < -0.3 is 24.5 Å². The van der Waals surface area contributed by atoms with Crippen molar-refractivity contribution in [3.05, 3.63) is 87.1 Å². The molecule has 0 bridgehead atoms. The first-order valence-electron chi connectivity index (χ1n) is 13.6. The number of aliphatic hydroxyl groups excluding tert-OH is 1. The molecule has 0 saturated heterocycles. The van der Waals surface area contributed by atoms with Crippen LogP contribution in [-0.2, 0) is 26.1 Å². The van der Waals surface area contributed by atoms with Gasteiger partial charge in [0.05, 0.1) is 38.4 Å². The van der Waals surface area contributed by atoms with Crippen molar-refractivity contribution in [2.24, 2.45) is 0 Å².